The molecule has 0 radical (unpaired) electrons. The highest BCUT2D eigenvalue weighted by atomic mass is 32.1. The molecule has 0 aliphatic heterocycles. The fourth-order valence-electron chi connectivity index (χ4n) is 1.14. The Morgan fingerprint density at radius 2 is 2.31 bits per heavy atom. The summed E-state index contributed by atoms with van der Waals surface area (Å²) in [5.41, 5.74) is -0.116. The summed E-state index contributed by atoms with van der Waals surface area (Å²) in [4.78, 5) is 15.5. The van der Waals surface area contributed by atoms with Gasteiger partial charge in [0.2, 0.25) is 0 Å². The minimum atomic E-state index is -0.591. The number of phenolic OH excluding ortho intramolecular Hbond substituents is 1. The van der Waals surface area contributed by atoms with Gasteiger partial charge in [-0.05, 0) is 18.2 Å². The summed E-state index contributed by atoms with van der Waals surface area (Å²) in [7, 11) is 0. The topological polar surface area (TPSA) is 62.2 Å². The van der Waals surface area contributed by atoms with Crippen molar-refractivity contribution in [1.29, 1.82) is 0 Å². The van der Waals surface area contributed by atoms with Crippen molar-refractivity contribution in [2.45, 2.75) is 0 Å². The van der Waals surface area contributed by atoms with Crippen LogP contribution in [0.25, 0.3) is 0 Å². The van der Waals surface area contributed by atoms with E-state index in [0.29, 0.717) is 5.13 Å². The van der Waals surface area contributed by atoms with Crippen LogP contribution in [0.1, 0.15) is 10.4 Å². The molecule has 0 saturated heterocycles. The van der Waals surface area contributed by atoms with Crippen molar-refractivity contribution in [2.75, 3.05) is 5.32 Å². The predicted octanol–water partition coefficient (Wildman–Crippen LogP) is 2.24. The Labute approximate surface area is 94.4 Å². The van der Waals surface area contributed by atoms with Crippen LogP contribution in [0, 0.1) is 5.82 Å². The van der Waals surface area contributed by atoms with Gasteiger partial charge in [0.15, 0.2) is 5.13 Å². The number of hydrogen-bond donors (Lipinski definition) is 2. The molecule has 0 bridgehead atoms. The molecule has 82 valence electrons. The summed E-state index contributed by atoms with van der Waals surface area (Å²) in [5, 5.41) is 13.9. The average molecular weight is 238 g/mol. The molecule has 0 atom stereocenters. The molecule has 1 aromatic carbocycles. The van der Waals surface area contributed by atoms with Gasteiger partial charge in [0.1, 0.15) is 11.6 Å². The smallest absolute Gasteiger partial charge is 0.261 e. The van der Waals surface area contributed by atoms with Crippen LogP contribution in [0.5, 0.6) is 5.75 Å². The third kappa shape index (κ3) is 2.17. The highest BCUT2D eigenvalue weighted by Crippen LogP contribution is 2.20. The van der Waals surface area contributed by atoms with E-state index in [4.69, 9.17) is 0 Å². The zero-order valence-corrected chi connectivity index (χ0v) is 8.79. The Hall–Kier alpha value is -1.95. The first kappa shape index (κ1) is 10.6. The van der Waals surface area contributed by atoms with E-state index in [0.717, 1.165) is 18.2 Å². The van der Waals surface area contributed by atoms with Gasteiger partial charge in [0.05, 0.1) is 5.56 Å². The maximum Gasteiger partial charge on any atom is 0.261 e. The third-order valence-corrected chi connectivity index (χ3v) is 2.54. The fraction of sp³-hybridized carbons (Fsp3) is 0. The molecule has 6 heteroatoms. The van der Waals surface area contributed by atoms with E-state index in [-0.39, 0.29) is 11.3 Å². The van der Waals surface area contributed by atoms with Gasteiger partial charge in [-0.3, -0.25) is 10.1 Å². The van der Waals surface area contributed by atoms with Crippen LogP contribution >= 0.6 is 11.3 Å². The first-order chi connectivity index (χ1) is 7.66. The number of halogens is 1. The Kier molecular flexibility index (Phi) is 2.82. The van der Waals surface area contributed by atoms with E-state index in [1.807, 2.05) is 0 Å². The first-order valence-electron chi connectivity index (χ1n) is 4.36. The van der Waals surface area contributed by atoms with Gasteiger partial charge in [-0.15, -0.1) is 11.3 Å². The number of amides is 1. The summed E-state index contributed by atoms with van der Waals surface area (Å²) in [6.45, 7) is 0. The molecule has 0 saturated carbocycles. The number of aromatic nitrogens is 1. The molecule has 0 aliphatic rings. The molecule has 0 fully saturated rings. The maximum absolute atomic E-state index is 12.9. The summed E-state index contributed by atoms with van der Waals surface area (Å²) < 4.78 is 12.9. The Morgan fingerprint density at radius 1 is 1.50 bits per heavy atom. The lowest BCUT2D eigenvalue weighted by atomic mass is 10.2. The molecule has 2 aromatic rings. The number of hydrogen-bond acceptors (Lipinski definition) is 4. The monoisotopic (exact) mass is 238 g/mol. The molecule has 4 nitrogen and oxygen atoms in total. The van der Waals surface area contributed by atoms with Gasteiger partial charge in [-0.2, -0.15) is 0 Å². The molecular formula is C10H7FN2O2S. The Morgan fingerprint density at radius 3 is 3.00 bits per heavy atom. The summed E-state index contributed by atoms with van der Waals surface area (Å²) in [6, 6.07) is 3.18. The standard InChI is InChI=1S/C10H7FN2O2S/c11-6-1-2-8(14)7(5-6)9(15)13-10-12-3-4-16-10/h1-5,14H,(H,12,13,15). The van der Waals surface area contributed by atoms with Crippen molar-refractivity contribution in [2.24, 2.45) is 0 Å². The molecule has 0 spiro atoms. The van der Waals surface area contributed by atoms with Gasteiger partial charge in [0.25, 0.3) is 5.91 Å². The van der Waals surface area contributed by atoms with Crippen LogP contribution in [0.15, 0.2) is 29.8 Å². The van der Waals surface area contributed by atoms with Crippen LogP contribution in [0.2, 0.25) is 0 Å². The second kappa shape index (κ2) is 4.28. The van der Waals surface area contributed by atoms with Gasteiger partial charge in [-0.25, -0.2) is 9.37 Å². The predicted molar refractivity (Wildman–Crippen MR) is 58.1 cm³/mol. The third-order valence-electron chi connectivity index (χ3n) is 1.86. The highest BCUT2D eigenvalue weighted by Gasteiger charge is 2.13. The molecular weight excluding hydrogens is 231 g/mol. The van der Waals surface area contributed by atoms with Crippen molar-refractivity contribution in [3.05, 3.63) is 41.2 Å². The molecule has 0 aliphatic carbocycles. The van der Waals surface area contributed by atoms with Crippen molar-refractivity contribution >= 4 is 22.4 Å². The zero-order chi connectivity index (χ0) is 11.5. The number of nitrogens with one attached hydrogen (secondary N) is 1. The maximum atomic E-state index is 12.9. The number of nitrogens with zero attached hydrogens (tertiary/aromatic N) is 1. The molecule has 0 unspecified atom stereocenters. The average Bonchev–Trinajstić information content (AvgIpc) is 2.74. The van der Waals surface area contributed by atoms with Crippen molar-refractivity contribution < 1.29 is 14.3 Å². The van der Waals surface area contributed by atoms with Crippen LogP contribution in [-0.4, -0.2) is 16.0 Å². The quantitative estimate of drug-likeness (QED) is 0.843. The number of anilines is 1. The number of thiazole rings is 1. The number of carbonyl (C=O) groups is 1. The van der Waals surface area contributed by atoms with Crippen LogP contribution in [0.4, 0.5) is 9.52 Å². The Balaban J connectivity index is 2.24. The van der Waals surface area contributed by atoms with Crippen molar-refractivity contribution in [3.63, 3.8) is 0 Å². The van der Waals surface area contributed by atoms with Crippen LogP contribution < -0.4 is 5.32 Å². The molecule has 2 N–H and O–H groups in total. The fourth-order valence-corrected chi connectivity index (χ4v) is 1.66. The molecule has 2 rings (SSSR count). The minimum Gasteiger partial charge on any atom is -0.507 e. The molecule has 1 heterocycles. The number of rotatable bonds is 2. The summed E-state index contributed by atoms with van der Waals surface area (Å²) >= 11 is 1.24. The number of aromatic hydroxyl groups is 1. The summed E-state index contributed by atoms with van der Waals surface area (Å²) in [5.74, 6) is -1.44. The minimum absolute atomic E-state index is 0.116. The number of benzene rings is 1. The lowest BCUT2D eigenvalue weighted by Gasteiger charge is -2.03. The van der Waals surface area contributed by atoms with Crippen molar-refractivity contribution in [3.8, 4) is 5.75 Å². The van der Waals surface area contributed by atoms with Crippen LogP contribution in [0.3, 0.4) is 0 Å². The normalized spacial score (nSPS) is 10.1. The Bertz CT molecular complexity index is 514. The van der Waals surface area contributed by atoms with Gasteiger partial charge in [-0.1, -0.05) is 0 Å². The highest BCUT2D eigenvalue weighted by molar-refractivity contribution is 7.13. The largest absolute Gasteiger partial charge is 0.507 e. The second-order valence-corrected chi connectivity index (χ2v) is 3.85. The van der Waals surface area contributed by atoms with Gasteiger partial charge < -0.3 is 5.11 Å². The van der Waals surface area contributed by atoms with Gasteiger partial charge in [0, 0.05) is 11.6 Å². The number of phenols is 1. The van der Waals surface area contributed by atoms with E-state index in [9.17, 15) is 14.3 Å². The number of carbonyl (C=O) groups excluding carboxylic acids is 1. The van der Waals surface area contributed by atoms with Crippen LogP contribution in [-0.2, 0) is 0 Å². The second-order valence-electron chi connectivity index (χ2n) is 2.95. The zero-order valence-electron chi connectivity index (χ0n) is 7.98. The SMILES string of the molecule is O=C(Nc1nccs1)c1cc(F)ccc1O. The molecule has 16 heavy (non-hydrogen) atoms. The molecule has 1 amide bonds. The lowest BCUT2D eigenvalue weighted by molar-refractivity contribution is 0.102. The van der Waals surface area contributed by atoms with E-state index in [1.54, 1.807) is 5.38 Å². The summed E-state index contributed by atoms with van der Waals surface area (Å²) in [6.07, 6.45) is 1.53. The first-order valence-corrected chi connectivity index (χ1v) is 5.24. The van der Waals surface area contributed by atoms with E-state index >= 15 is 0 Å². The lowest BCUT2D eigenvalue weighted by Crippen LogP contribution is -2.12. The van der Waals surface area contributed by atoms with E-state index in [2.05, 4.69) is 10.3 Å². The molecule has 1 aromatic heterocycles. The van der Waals surface area contributed by atoms with Gasteiger partial charge >= 0.3 is 0 Å². The van der Waals surface area contributed by atoms with E-state index < -0.39 is 11.7 Å². The van der Waals surface area contributed by atoms with E-state index in [1.165, 1.54) is 17.5 Å². The van der Waals surface area contributed by atoms with Crippen molar-refractivity contribution in [1.82, 2.24) is 4.98 Å².